The molecule has 4 aromatic rings. The van der Waals surface area contributed by atoms with Crippen LogP contribution in [0.3, 0.4) is 0 Å². The molecule has 2 saturated heterocycles. The first-order valence-corrected chi connectivity index (χ1v) is 16.8. The molecule has 10 nitrogen and oxygen atoms in total. The van der Waals surface area contributed by atoms with Crippen molar-refractivity contribution < 1.29 is 14.6 Å². The summed E-state index contributed by atoms with van der Waals surface area (Å²) in [4.78, 5) is 21.2. The number of benzene rings is 2. The number of hydrogen-bond donors (Lipinski definition) is 3. The SMILES string of the molecule is C=C1CC[C@@H](CNCc2ncc(-c3cccc(-c4cccc(-c5cnc(CN6CCC(C)(CO)C6)c(OC)n5)c4Cl)c3Cl)nc2OC)N1. The van der Waals surface area contributed by atoms with E-state index in [-0.39, 0.29) is 12.0 Å². The molecule has 4 heterocycles. The molecule has 2 fully saturated rings. The van der Waals surface area contributed by atoms with Gasteiger partial charge in [-0.15, -0.1) is 0 Å². The summed E-state index contributed by atoms with van der Waals surface area (Å²) in [6, 6.07) is 11.9. The third-order valence-electron chi connectivity index (χ3n) is 9.13. The number of likely N-dealkylation sites (tertiary alicyclic amines) is 1. The maximum absolute atomic E-state index is 9.77. The molecule has 0 radical (unpaired) electrons. The smallest absolute Gasteiger partial charge is 0.237 e. The Labute approximate surface area is 291 Å². The van der Waals surface area contributed by atoms with Crippen LogP contribution >= 0.6 is 23.2 Å². The molecule has 2 aliphatic heterocycles. The summed E-state index contributed by atoms with van der Waals surface area (Å²) in [6.07, 6.45) is 6.44. The van der Waals surface area contributed by atoms with Crippen LogP contribution in [0.5, 0.6) is 11.8 Å². The van der Waals surface area contributed by atoms with Crippen LogP contribution < -0.4 is 20.1 Å². The molecule has 3 N–H and O–H groups in total. The number of methoxy groups -OCH3 is 2. The fraction of sp³-hybridized carbons (Fsp3) is 0.389. The van der Waals surface area contributed by atoms with Gasteiger partial charge >= 0.3 is 0 Å². The molecule has 0 saturated carbocycles. The zero-order chi connectivity index (χ0) is 33.8. The third-order valence-corrected chi connectivity index (χ3v) is 9.94. The van der Waals surface area contributed by atoms with Crippen molar-refractivity contribution in [3.8, 4) is 45.4 Å². The second-order valence-corrected chi connectivity index (χ2v) is 13.6. The molecule has 0 bridgehead atoms. The van der Waals surface area contributed by atoms with Gasteiger partial charge in [0.2, 0.25) is 11.8 Å². The highest BCUT2D eigenvalue weighted by molar-refractivity contribution is 6.39. The zero-order valence-electron chi connectivity index (χ0n) is 27.5. The largest absolute Gasteiger partial charge is 0.480 e. The predicted molar refractivity (Wildman–Crippen MR) is 189 cm³/mol. The van der Waals surface area contributed by atoms with Crippen LogP contribution in [0.15, 0.2) is 61.1 Å². The Bertz CT molecular complexity index is 1810. The Morgan fingerprint density at radius 2 is 1.54 bits per heavy atom. The Morgan fingerprint density at radius 3 is 2.08 bits per heavy atom. The summed E-state index contributed by atoms with van der Waals surface area (Å²) in [5.74, 6) is 0.882. The van der Waals surface area contributed by atoms with E-state index in [0.717, 1.165) is 61.4 Å². The van der Waals surface area contributed by atoms with Crippen molar-refractivity contribution in [2.24, 2.45) is 5.41 Å². The number of halogens is 2. The van der Waals surface area contributed by atoms with E-state index in [9.17, 15) is 5.11 Å². The van der Waals surface area contributed by atoms with Gasteiger partial charge in [-0.1, -0.05) is 73.1 Å². The van der Waals surface area contributed by atoms with Crippen LogP contribution in [0.2, 0.25) is 10.0 Å². The van der Waals surface area contributed by atoms with E-state index in [4.69, 9.17) is 47.6 Å². The van der Waals surface area contributed by atoms with E-state index in [1.165, 1.54) is 0 Å². The zero-order valence-corrected chi connectivity index (χ0v) is 29.0. The summed E-state index contributed by atoms with van der Waals surface area (Å²) in [5, 5.41) is 17.6. The number of hydrogen-bond acceptors (Lipinski definition) is 10. The lowest BCUT2D eigenvalue weighted by molar-refractivity contribution is 0.143. The van der Waals surface area contributed by atoms with Crippen molar-refractivity contribution in [2.45, 2.75) is 45.3 Å². The van der Waals surface area contributed by atoms with Crippen LogP contribution in [0.1, 0.15) is 37.6 Å². The van der Waals surface area contributed by atoms with E-state index < -0.39 is 0 Å². The van der Waals surface area contributed by atoms with Gasteiger partial charge in [0.05, 0.1) is 48.0 Å². The fourth-order valence-electron chi connectivity index (χ4n) is 6.39. The van der Waals surface area contributed by atoms with E-state index in [0.29, 0.717) is 69.1 Å². The number of aromatic nitrogens is 4. The Hall–Kier alpha value is -3.80. The van der Waals surface area contributed by atoms with Crippen LogP contribution in [-0.4, -0.2) is 76.4 Å². The van der Waals surface area contributed by atoms with Gasteiger partial charge in [-0.25, -0.2) is 9.97 Å². The summed E-state index contributed by atoms with van der Waals surface area (Å²) >= 11 is 14.1. The second kappa shape index (κ2) is 14.8. The highest BCUT2D eigenvalue weighted by atomic mass is 35.5. The normalized spacial score (nSPS) is 19.5. The van der Waals surface area contributed by atoms with Crippen molar-refractivity contribution in [3.05, 3.63) is 82.5 Å². The third kappa shape index (κ3) is 7.28. The minimum Gasteiger partial charge on any atom is -0.480 e. The summed E-state index contributed by atoms with van der Waals surface area (Å²) < 4.78 is 11.3. The summed E-state index contributed by atoms with van der Waals surface area (Å²) in [5.41, 5.74) is 6.52. The van der Waals surface area contributed by atoms with Gasteiger partial charge in [-0.3, -0.25) is 14.9 Å². The van der Waals surface area contributed by atoms with Crippen LogP contribution in [0.25, 0.3) is 33.6 Å². The number of nitrogens with one attached hydrogen (secondary N) is 2. The van der Waals surface area contributed by atoms with E-state index in [1.807, 2.05) is 36.4 Å². The van der Waals surface area contributed by atoms with E-state index in [2.05, 4.69) is 34.0 Å². The van der Waals surface area contributed by atoms with Gasteiger partial charge in [-0.05, 0) is 25.8 Å². The van der Waals surface area contributed by atoms with Gasteiger partial charge in [-0.2, -0.15) is 0 Å². The molecule has 6 rings (SSSR count). The first-order chi connectivity index (χ1) is 23.2. The average molecular weight is 691 g/mol. The molecule has 2 atom stereocenters. The molecule has 2 aromatic heterocycles. The molecule has 1 unspecified atom stereocenters. The summed E-state index contributed by atoms with van der Waals surface area (Å²) in [6.45, 7) is 9.84. The molecule has 0 spiro atoms. The number of nitrogens with zero attached hydrogens (tertiary/aromatic N) is 5. The standard InChI is InChI=1S/C36H41Cl2N7O3/c1-22-11-12-23(42-22)15-39-16-30-34(47-3)43-28(17-40-30)26-9-5-7-24(32(26)37)25-8-6-10-27(33(25)38)29-18-41-31(35(44-29)48-4)19-45-14-13-36(2,20-45)21-46/h5-10,17-18,23,39,42,46H,1,11-16,19-21H2,2-4H3/t23-,36?/m0/s1. The molecule has 0 aliphatic carbocycles. The second-order valence-electron chi connectivity index (χ2n) is 12.8. The first kappa shape index (κ1) is 34.1. The molecule has 12 heteroatoms. The van der Waals surface area contributed by atoms with Crippen LogP contribution in [0, 0.1) is 5.41 Å². The highest BCUT2D eigenvalue weighted by Gasteiger charge is 2.33. The van der Waals surface area contributed by atoms with Gasteiger partial charge in [0, 0.05) is 72.2 Å². The molecule has 0 amide bonds. The maximum Gasteiger partial charge on any atom is 0.237 e. The maximum atomic E-state index is 9.77. The van der Waals surface area contributed by atoms with Gasteiger partial charge in [0.1, 0.15) is 11.4 Å². The van der Waals surface area contributed by atoms with Crippen molar-refractivity contribution in [1.29, 1.82) is 0 Å². The summed E-state index contributed by atoms with van der Waals surface area (Å²) in [7, 11) is 3.18. The Morgan fingerprint density at radius 1 is 0.958 bits per heavy atom. The topological polar surface area (TPSA) is 118 Å². The lowest BCUT2D eigenvalue weighted by Crippen LogP contribution is -2.33. The molecule has 48 heavy (non-hydrogen) atoms. The van der Waals surface area contributed by atoms with Crippen molar-refractivity contribution in [3.63, 3.8) is 0 Å². The highest BCUT2D eigenvalue weighted by Crippen LogP contribution is 2.42. The minimum atomic E-state index is -0.101. The molecule has 2 aliphatic rings. The van der Waals surface area contributed by atoms with Crippen LogP contribution in [0.4, 0.5) is 0 Å². The minimum absolute atomic E-state index is 0.101. The number of allylic oxidation sites excluding steroid dienone is 1. The first-order valence-electron chi connectivity index (χ1n) is 16.1. The fourth-order valence-corrected chi connectivity index (χ4v) is 7.04. The number of rotatable bonds is 12. The van der Waals surface area contributed by atoms with Crippen molar-refractivity contribution >= 4 is 23.2 Å². The lowest BCUT2D eigenvalue weighted by Gasteiger charge is -2.22. The van der Waals surface area contributed by atoms with Crippen LogP contribution in [-0.2, 0) is 13.1 Å². The van der Waals surface area contributed by atoms with E-state index >= 15 is 0 Å². The van der Waals surface area contributed by atoms with Crippen molar-refractivity contribution in [1.82, 2.24) is 35.5 Å². The van der Waals surface area contributed by atoms with Crippen molar-refractivity contribution in [2.75, 3.05) is 40.5 Å². The van der Waals surface area contributed by atoms with Gasteiger partial charge in [0.25, 0.3) is 0 Å². The number of ether oxygens (including phenoxy) is 2. The Kier molecular flexibility index (Phi) is 10.5. The molecular weight excluding hydrogens is 649 g/mol. The number of aliphatic hydroxyl groups excluding tert-OH is 1. The Balaban J connectivity index is 1.23. The average Bonchev–Trinajstić information content (AvgIpc) is 3.70. The molecule has 252 valence electrons. The quantitative estimate of drug-likeness (QED) is 0.160. The lowest BCUT2D eigenvalue weighted by atomic mass is 9.91. The van der Waals surface area contributed by atoms with Gasteiger partial charge < -0.3 is 25.2 Å². The monoisotopic (exact) mass is 689 g/mol. The molecular formula is C36H41Cl2N7O3. The van der Waals surface area contributed by atoms with Gasteiger partial charge in [0.15, 0.2) is 0 Å². The molecule has 2 aromatic carbocycles. The van der Waals surface area contributed by atoms with E-state index in [1.54, 1.807) is 26.6 Å². The predicted octanol–water partition coefficient (Wildman–Crippen LogP) is 6.15. The number of aliphatic hydroxyl groups is 1.